The minimum Gasteiger partial charge on any atom is -0.294 e. The molecule has 1 aliphatic heterocycles. The molecule has 0 bridgehead atoms. The minimum atomic E-state index is -0.300. The lowest BCUT2D eigenvalue weighted by molar-refractivity contribution is -0.119. The largest absolute Gasteiger partial charge is 0.294 e. The zero-order chi connectivity index (χ0) is 19.1. The molecule has 2 aliphatic rings. The number of allylic oxidation sites excluding steroid dienone is 2. The zero-order valence-electron chi connectivity index (χ0n) is 14.3. The van der Waals surface area contributed by atoms with Crippen LogP contribution in [0, 0.1) is 0 Å². The number of anilines is 1. The monoisotopic (exact) mass is 419 g/mol. The molecule has 1 aliphatic carbocycles. The molecule has 0 spiro atoms. The highest BCUT2D eigenvalue weighted by Crippen LogP contribution is 2.44. The van der Waals surface area contributed by atoms with Gasteiger partial charge in [-0.25, -0.2) is 0 Å². The Kier molecular flexibility index (Phi) is 5.02. The highest BCUT2D eigenvalue weighted by Gasteiger charge is 2.39. The summed E-state index contributed by atoms with van der Waals surface area (Å²) >= 11 is 18.3. The van der Waals surface area contributed by atoms with Crippen molar-refractivity contribution in [1.82, 2.24) is 0 Å². The molecule has 138 valence electrons. The topological polar surface area (TPSA) is 37.4 Å². The van der Waals surface area contributed by atoms with Crippen molar-refractivity contribution in [2.75, 3.05) is 4.90 Å². The van der Waals surface area contributed by atoms with E-state index in [4.69, 9.17) is 34.8 Å². The number of amides is 1. The van der Waals surface area contributed by atoms with E-state index in [0.29, 0.717) is 39.2 Å². The summed E-state index contributed by atoms with van der Waals surface area (Å²) in [7, 11) is 0. The molecular weight excluding hydrogens is 405 g/mol. The predicted octanol–water partition coefficient (Wildman–Crippen LogP) is 6.17. The van der Waals surface area contributed by atoms with Gasteiger partial charge in [-0.3, -0.25) is 14.5 Å². The van der Waals surface area contributed by atoms with Crippen LogP contribution in [0.25, 0.3) is 0 Å². The van der Waals surface area contributed by atoms with Crippen molar-refractivity contribution in [2.45, 2.75) is 31.6 Å². The smallest absolute Gasteiger partial charge is 0.232 e. The summed E-state index contributed by atoms with van der Waals surface area (Å²) in [5.74, 6) is -0.265. The predicted molar refractivity (Wildman–Crippen MR) is 109 cm³/mol. The van der Waals surface area contributed by atoms with Crippen LogP contribution in [0.1, 0.15) is 37.2 Å². The average molecular weight is 421 g/mol. The summed E-state index contributed by atoms with van der Waals surface area (Å²) < 4.78 is 0. The summed E-state index contributed by atoms with van der Waals surface area (Å²) in [6, 6.07) is 12.5. The molecule has 4 rings (SSSR count). The van der Waals surface area contributed by atoms with Crippen LogP contribution in [0.15, 0.2) is 53.7 Å². The lowest BCUT2D eigenvalue weighted by atomic mass is 9.77. The molecule has 27 heavy (non-hydrogen) atoms. The Morgan fingerprint density at radius 1 is 0.926 bits per heavy atom. The molecule has 1 unspecified atom stereocenters. The van der Waals surface area contributed by atoms with Gasteiger partial charge in [0, 0.05) is 35.1 Å². The van der Waals surface area contributed by atoms with Gasteiger partial charge in [0.25, 0.3) is 0 Å². The Morgan fingerprint density at radius 2 is 1.74 bits per heavy atom. The number of rotatable bonds is 2. The second-order valence-electron chi connectivity index (χ2n) is 6.78. The number of nitrogens with zero attached hydrogens (tertiary/aromatic N) is 1. The van der Waals surface area contributed by atoms with Crippen LogP contribution >= 0.6 is 34.8 Å². The number of halogens is 3. The second kappa shape index (κ2) is 7.31. The standard InChI is InChI=1S/C21H16Cl3NO2/c22-13-3-1-4-14(10-13)25-18-5-2-6-19(26)21(18)15(11-20(25)27)12-7-8-16(23)17(24)9-12/h1,3-4,7-10,15H,2,5-6,11H2. The maximum absolute atomic E-state index is 13.1. The fraction of sp³-hybridized carbons (Fsp3) is 0.238. The van der Waals surface area contributed by atoms with E-state index in [1.807, 2.05) is 12.1 Å². The molecule has 1 amide bonds. The first-order valence-corrected chi connectivity index (χ1v) is 9.89. The lowest BCUT2D eigenvalue weighted by Crippen LogP contribution is -2.40. The molecule has 0 saturated heterocycles. The summed E-state index contributed by atoms with van der Waals surface area (Å²) in [6.07, 6.45) is 2.11. The molecule has 0 fully saturated rings. The fourth-order valence-electron chi connectivity index (χ4n) is 3.92. The van der Waals surface area contributed by atoms with Gasteiger partial charge in [0.2, 0.25) is 5.91 Å². The second-order valence-corrected chi connectivity index (χ2v) is 8.03. The molecule has 0 aromatic heterocycles. The van der Waals surface area contributed by atoms with E-state index in [0.717, 1.165) is 17.7 Å². The minimum absolute atomic E-state index is 0.0539. The first-order chi connectivity index (χ1) is 13.0. The quantitative estimate of drug-likeness (QED) is 0.582. The number of benzene rings is 2. The van der Waals surface area contributed by atoms with Crippen molar-refractivity contribution in [3.05, 3.63) is 74.4 Å². The molecule has 0 N–H and O–H groups in total. The lowest BCUT2D eigenvalue weighted by Gasteiger charge is -2.38. The van der Waals surface area contributed by atoms with Crippen molar-refractivity contribution in [3.8, 4) is 0 Å². The van der Waals surface area contributed by atoms with Gasteiger partial charge in [0.15, 0.2) is 5.78 Å². The van der Waals surface area contributed by atoms with Gasteiger partial charge in [-0.15, -0.1) is 0 Å². The van der Waals surface area contributed by atoms with Crippen LogP contribution in [0.2, 0.25) is 15.1 Å². The van der Waals surface area contributed by atoms with E-state index in [9.17, 15) is 9.59 Å². The van der Waals surface area contributed by atoms with Gasteiger partial charge >= 0.3 is 0 Å². The number of ketones is 1. The van der Waals surface area contributed by atoms with Crippen molar-refractivity contribution in [1.29, 1.82) is 0 Å². The maximum atomic E-state index is 13.1. The van der Waals surface area contributed by atoms with Gasteiger partial charge < -0.3 is 0 Å². The molecule has 0 radical (unpaired) electrons. The third-order valence-electron chi connectivity index (χ3n) is 5.09. The van der Waals surface area contributed by atoms with Crippen LogP contribution in [0.4, 0.5) is 5.69 Å². The zero-order valence-corrected chi connectivity index (χ0v) is 16.6. The van der Waals surface area contributed by atoms with E-state index < -0.39 is 0 Å². The maximum Gasteiger partial charge on any atom is 0.232 e. The Hall–Kier alpha value is -1.81. The van der Waals surface area contributed by atoms with Crippen LogP contribution in [-0.4, -0.2) is 11.7 Å². The molecule has 1 atom stereocenters. The number of carbonyl (C=O) groups excluding carboxylic acids is 2. The highest BCUT2D eigenvalue weighted by atomic mass is 35.5. The number of hydrogen-bond donors (Lipinski definition) is 0. The van der Waals surface area contributed by atoms with Crippen LogP contribution < -0.4 is 4.90 Å². The SMILES string of the molecule is O=C1CCCC2=C1C(c1ccc(Cl)c(Cl)c1)CC(=O)N2c1cccc(Cl)c1. The van der Waals surface area contributed by atoms with Crippen molar-refractivity contribution in [2.24, 2.45) is 0 Å². The summed E-state index contributed by atoms with van der Waals surface area (Å²) in [6.45, 7) is 0. The average Bonchev–Trinajstić information content (AvgIpc) is 2.63. The molecule has 2 aromatic rings. The summed E-state index contributed by atoms with van der Waals surface area (Å²) in [5, 5.41) is 1.42. The van der Waals surface area contributed by atoms with Crippen LogP contribution in [0.5, 0.6) is 0 Å². The Morgan fingerprint density at radius 3 is 2.48 bits per heavy atom. The van der Waals surface area contributed by atoms with Crippen molar-refractivity contribution in [3.63, 3.8) is 0 Å². The first-order valence-electron chi connectivity index (χ1n) is 8.75. The highest BCUT2D eigenvalue weighted by molar-refractivity contribution is 6.42. The van der Waals surface area contributed by atoms with Crippen molar-refractivity contribution < 1.29 is 9.59 Å². The molecule has 3 nitrogen and oxygen atoms in total. The van der Waals surface area contributed by atoms with Crippen LogP contribution in [0.3, 0.4) is 0 Å². The van der Waals surface area contributed by atoms with Gasteiger partial charge in [-0.2, -0.15) is 0 Å². The van der Waals surface area contributed by atoms with E-state index in [2.05, 4.69) is 0 Å². The first kappa shape index (κ1) is 18.5. The normalized spacial score (nSPS) is 20.1. The Balaban J connectivity index is 1.86. The molecule has 0 saturated carbocycles. The third kappa shape index (κ3) is 3.40. The Labute approximate surface area is 172 Å². The van der Waals surface area contributed by atoms with E-state index in [-0.39, 0.29) is 24.0 Å². The molecular formula is C21H16Cl3NO2. The number of hydrogen-bond acceptors (Lipinski definition) is 2. The van der Waals surface area contributed by atoms with Gasteiger partial charge in [-0.05, 0) is 48.7 Å². The van der Waals surface area contributed by atoms with Crippen LogP contribution in [-0.2, 0) is 9.59 Å². The van der Waals surface area contributed by atoms with Gasteiger partial charge in [0.1, 0.15) is 0 Å². The third-order valence-corrected chi connectivity index (χ3v) is 6.06. The summed E-state index contributed by atoms with van der Waals surface area (Å²) in [5.41, 5.74) is 3.02. The summed E-state index contributed by atoms with van der Waals surface area (Å²) in [4.78, 5) is 27.6. The van der Waals surface area contributed by atoms with E-state index in [1.165, 1.54) is 0 Å². The van der Waals surface area contributed by atoms with Crippen molar-refractivity contribution >= 4 is 52.2 Å². The Bertz CT molecular complexity index is 983. The van der Waals surface area contributed by atoms with Gasteiger partial charge in [0.05, 0.1) is 15.7 Å². The molecule has 6 heteroatoms. The molecule has 1 heterocycles. The fourth-order valence-corrected chi connectivity index (χ4v) is 4.41. The van der Waals surface area contributed by atoms with E-state index in [1.54, 1.807) is 35.2 Å². The molecule has 2 aromatic carbocycles. The number of Topliss-reactive ketones (excluding diaryl/α,β-unsaturated/α-hetero) is 1. The van der Waals surface area contributed by atoms with E-state index >= 15 is 0 Å². The number of carbonyl (C=O) groups is 2. The van der Waals surface area contributed by atoms with Gasteiger partial charge in [-0.1, -0.05) is 46.9 Å².